The monoisotopic (exact) mass is 488 g/mol. The minimum Gasteiger partial charge on any atom is -0.384 e. The molecule has 3 N–H and O–H groups in total. The van der Waals surface area contributed by atoms with Gasteiger partial charge in [0.15, 0.2) is 5.13 Å². The molecule has 34 heavy (non-hydrogen) atoms. The lowest BCUT2D eigenvalue weighted by molar-refractivity contribution is -0.199. The van der Waals surface area contributed by atoms with Crippen molar-refractivity contribution in [1.82, 2.24) is 9.97 Å². The van der Waals surface area contributed by atoms with E-state index in [9.17, 15) is 13.2 Å². The summed E-state index contributed by atoms with van der Waals surface area (Å²) in [5, 5.41) is 6.19. The number of nitrogens with one attached hydrogen (secondary N) is 1. The summed E-state index contributed by atoms with van der Waals surface area (Å²) in [6.07, 6.45) is 5.42. The minimum absolute atomic E-state index is 0.111. The molecule has 2 aromatic heterocycles. The number of anilines is 1. The molecule has 0 bridgehead atoms. The molecule has 0 fully saturated rings. The number of pyridine rings is 1. The van der Waals surface area contributed by atoms with E-state index in [1.165, 1.54) is 30.4 Å². The van der Waals surface area contributed by atoms with Crippen LogP contribution < -0.4 is 11.1 Å². The summed E-state index contributed by atoms with van der Waals surface area (Å²) in [7, 11) is 1.56. The molecule has 1 aliphatic rings. The number of alkyl halides is 3. The van der Waals surface area contributed by atoms with Gasteiger partial charge in [-0.2, -0.15) is 13.2 Å². The van der Waals surface area contributed by atoms with E-state index in [0.29, 0.717) is 13.2 Å². The van der Waals surface area contributed by atoms with Crippen molar-refractivity contribution in [3.8, 4) is 10.4 Å². The van der Waals surface area contributed by atoms with Gasteiger partial charge in [-0.3, -0.25) is 4.98 Å². The van der Waals surface area contributed by atoms with Gasteiger partial charge in [0, 0.05) is 49.6 Å². The van der Waals surface area contributed by atoms with Crippen LogP contribution in [0.5, 0.6) is 0 Å². The Morgan fingerprint density at radius 1 is 1.24 bits per heavy atom. The molecule has 0 amide bonds. The molecule has 0 saturated heterocycles. The number of rotatable bonds is 8. The van der Waals surface area contributed by atoms with Crippen molar-refractivity contribution in [2.75, 3.05) is 25.6 Å². The van der Waals surface area contributed by atoms with Gasteiger partial charge in [0.25, 0.3) is 0 Å². The van der Waals surface area contributed by atoms with Crippen LogP contribution in [0.15, 0.2) is 66.7 Å². The third kappa shape index (κ3) is 5.16. The topological polar surface area (TPSA) is 73.1 Å². The number of aromatic nitrogens is 2. The molecule has 2 heterocycles. The number of halogens is 3. The lowest BCUT2D eigenvalue weighted by atomic mass is 9.78. The van der Waals surface area contributed by atoms with Crippen molar-refractivity contribution >= 4 is 27.2 Å². The highest BCUT2D eigenvalue weighted by molar-refractivity contribution is 7.18. The molecule has 0 saturated carbocycles. The van der Waals surface area contributed by atoms with E-state index in [1.54, 1.807) is 19.4 Å². The van der Waals surface area contributed by atoms with E-state index >= 15 is 0 Å². The SMILES string of the molecule is COC[C@@H](C1=CCC(C)(C(F)(F)F)C=C1)[C@H](N)CNc1ncc(-c2ccc3cnccc3c2)s1. The molecule has 180 valence electrons. The van der Waals surface area contributed by atoms with Crippen molar-refractivity contribution in [3.63, 3.8) is 0 Å². The number of thiazole rings is 1. The maximum atomic E-state index is 13.3. The second-order valence-corrected chi connectivity index (χ2v) is 9.76. The van der Waals surface area contributed by atoms with Gasteiger partial charge >= 0.3 is 6.18 Å². The summed E-state index contributed by atoms with van der Waals surface area (Å²) >= 11 is 1.52. The first-order valence-corrected chi connectivity index (χ1v) is 11.8. The zero-order valence-electron chi connectivity index (χ0n) is 19.0. The van der Waals surface area contributed by atoms with Crippen LogP contribution in [0.25, 0.3) is 21.2 Å². The molecule has 1 aromatic carbocycles. The Morgan fingerprint density at radius 3 is 2.76 bits per heavy atom. The zero-order chi connectivity index (χ0) is 24.3. The van der Waals surface area contributed by atoms with Crippen molar-refractivity contribution in [1.29, 1.82) is 0 Å². The molecule has 0 radical (unpaired) electrons. The number of fused-ring (bicyclic) bond motifs is 1. The molecule has 1 unspecified atom stereocenters. The molecule has 3 aromatic rings. The van der Waals surface area contributed by atoms with Crippen LogP contribution in [-0.2, 0) is 4.74 Å². The first kappa shape index (κ1) is 24.4. The Hall–Kier alpha value is -2.75. The molecule has 0 spiro atoms. The van der Waals surface area contributed by atoms with Gasteiger partial charge in [-0.15, -0.1) is 0 Å². The van der Waals surface area contributed by atoms with Crippen molar-refractivity contribution in [2.45, 2.75) is 25.6 Å². The molecular formula is C25H27F3N4OS. The summed E-state index contributed by atoms with van der Waals surface area (Å²) in [5.41, 5.74) is 6.43. The number of nitrogens with two attached hydrogens (primary N) is 1. The van der Waals surface area contributed by atoms with Crippen LogP contribution in [0.4, 0.5) is 18.3 Å². The lowest BCUT2D eigenvalue weighted by Gasteiger charge is -2.33. The molecular weight excluding hydrogens is 461 g/mol. The maximum absolute atomic E-state index is 13.3. The van der Waals surface area contributed by atoms with E-state index in [-0.39, 0.29) is 18.4 Å². The van der Waals surface area contributed by atoms with Crippen molar-refractivity contribution in [2.24, 2.45) is 17.1 Å². The average molecular weight is 489 g/mol. The van der Waals surface area contributed by atoms with Crippen LogP contribution in [-0.4, -0.2) is 42.4 Å². The molecule has 0 aliphatic heterocycles. The highest BCUT2D eigenvalue weighted by Gasteiger charge is 2.49. The normalized spacial score (nSPS) is 20.2. The van der Waals surface area contributed by atoms with E-state index in [2.05, 4.69) is 21.4 Å². The molecule has 3 atom stereocenters. The maximum Gasteiger partial charge on any atom is 0.397 e. The van der Waals surface area contributed by atoms with E-state index in [0.717, 1.165) is 31.9 Å². The largest absolute Gasteiger partial charge is 0.397 e. The van der Waals surface area contributed by atoms with Crippen molar-refractivity contribution < 1.29 is 17.9 Å². The number of hydrogen-bond acceptors (Lipinski definition) is 6. The predicted octanol–water partition coefficient (Wildman–Crippen LogP) is 5.82. The first-order chi connectivity index (χ1) is 16.2. The Morgan fingerprint density at radius 2 is 2.06 bits per heavy atom. The summed E-state index contributed by atoms with van der Waals surface area (Å²) in [6, 6.07) is 7.78. The Bertz CT molecular complexity index is 1210. The molecule has 9 heteroatoms. The smallest absolute Gasteiger partial charge is 0.384 e. The molecule has 1 aliphatic carbocycles. The quantitative estimate of drug-likeness (QED) is 0.418. The Labute approximate surface area is 200 Å². The number of hydrogen-bond donors (Lipinski definition) is 2. The number of methoxy groups -OCH3 is 1. The van der Waals surface area contributed by atoms with E-state index < -0.39 is 11.6 Å². The minimum atomic E-state index is -4.30. The summed E-state index contributed by atoms with van der Waals surface area (Å²) in [6.45, 7) is 1.93. The number of nitrogens with zero attached hydrogens (tertiary/aromatic N) is 2. The van der Waals surface area contributed by atoms with Crippen LogP contribution in [0.3, 0.4) is 0 Å². The molecule has 4 rings (SSSR count). The van der Waals surface area contributed by atoms with Gasteiger partial charge in [0.05, 0.1) is 16.9 Å². The first-order valence-electron chi connectivity index (χ1n) is 10.9. The fourth-order valence-corrected chi connectivity index (χ4v) is 4.77. The van der Waals surface area contributed by atoms with Crippen LogP contribution in [0.1, 0.15) is 13.3 Å². The van der Waals surface area contributed by atoms with E-state index in [1.807, 2.05) is 30.6 Å². The highest BCUT2D eigenvalue weighted by Crippen LogP contribution is 2.45. The standard InChI is InChI=1S/C25H27F3N4OS/c1-24(25(26,27)28)8-5-16(6-9-24)20(15-33-2)21(29)13-31-23-32-14-22(34-23)18-3-4-19-12-30-10-7-17(19)11-18/h3-8,10-12,14,20-21H,9,13,15,29H2,1-2H3,(H,31,32)/t20-,21+,24?/m0/s1. The number of allylic oxidation sites excluding steroid dienone is 3. The van der Waals surface area contributed by atoms with Gasteiger partial charge in [0.2, 0.25) is 0 Å². The van der Waals surface area contributed by atoms with Crippen LogP contribution >= 0.6 is 11.3 Å². The third-order valence-electron chi connectivity index (χ3n) is 6.26. The van der Waals surface area contributed by atoms with Gasteiger partial charge in [-0.1, -0.05) is 41.7 Å². The fraction of sp³-hybridized carbons (Fsp3) is 0.360. The average Bonchev–Trinajstić information content (AvgIpc) is 3.30. The van der Waals surface area contributed by atoms with Crippen LogP contribution in [0, 0.1) is 11.3 Å². The van der Waals surface area contributed by atoms with Crippen LogP contribution in [0.2, 0.25) is 0 Å². The van der Waals surface area contributed by atoms with Gasteiger partial charge in [-0.25, -0.2) is 4.98 Å². The lowest BCUT2D eigenvalue weighted by Crippen LogP contribution is -2.41. The number of ether oxygens (including phenoxy) is 1. The van der Waals surface area contributed by atoms with Crippen molar-refractivity contribution in [3.05, 3.63) is 66.7 Å². The van der Waals surface area contributed by atoms with E-state index in [4.69, 9.17) is 10.5 Å². The summed E-state index contributed by atoms with van der Waals surface area (Å²) < 4.78 is 45.3. The number of benzene rings is 1. The summed E-state index contributed by atoms with van der Waals surface area (Å²) in [4.78, 5) is 9.62. The van der Waals surface area contributed by atoms with Gasteiger partial charge in [0.1, 0.15) is 0 Å². The molecule has 5 nitrogen and oxygen atoms in total. The summed E-state index contributed by atoms with van der Waals surface area (Å²) in [5.74, 6) is -0.236. The second-order valence-electron chi connectivity index (χ2n) is 8.73. The van der Waals surface area contributed by atoms with Gasteiger partial charge in [-0.05, 0) is 42.0 Å². The highest BCUT2D eigenvalue weighted by atomic mass is 32.1. The second kappa shape index (κ2) is 9.85. The third-order valence-corrected chi connectivity index (χ3v) is 7.27. The zero-order valence-corrected chi connectivity index (χ0v) is 19.8. The fourth-order valence-electron chi connectivity index (χ4n) is 3.95. The predicted molar refractivity (Wildman–Crippen MR) is 131 cm³/mol. The van der Waals surface area contributed by atoms with Gasteiger partial charge < -0.3 is 15.8 Å². The Balaban J connectivity index is 1.41. The Kier molecular flexibility index (Phi) is 7.06.